The molecule has 0 amide bonds. The number of carbonyl (C=O) groups excluding carboxylic acids is 1. The first-order valence-electron chi connectivity index (χ1n) is 4.53. The molecule has 0 bridgehead atoms. The smallest absolute Gasteiger partial charge is 0.331 e. The molecule has 1 aromatic heterocycles. The van der Waals surface area contributed by atoms with E-state index in [1.54, 1.807) is 18.2 Å². The van der Waals surface area contributed by atoms with E-state index in [9.17, 15) is 4.79 Å². The second kappa shape index (κ2) is 4.66. The van der Waals surface area contributed by atoms with E-state index in [0.717, 1.165) is 0 Å². The largest absolute Gasteiger partial charge is 0.457 e. The van der Waals surface area contributed by atoms with E-state index in [2.05, 4.69) is 15.9 Å². The fourth-order valence-electron chi connectivity index (χ4n) is 0.904. The van der Waals surface area contributed by atoms with E-state index < -0.39 is 5.60 Å². The minimum absolute atomic E-state index is 0.380. The molecule has 3 nitrogen and oxygen atoms in total. The zero-order valence-corrected chi connectivity index (χ0v) is 10.5. The summed E-state index contributed by atoms with van der Waals surface area (Å²) < 4.78 is 10.9. The van der Waals surface area contributed by atoms with Crippen LogP contribution in [0.4, 0.5) is 0 Å². The normalized spacial score (nSPS) is 12.0. The molecule has 0 N–H and O–H groups in total. The first-order chi connectivity index (χ1) is 6.87. The Balaban J connectivity index is 2.55. The molecule has 0 saturated carbocycles. The number of carbonyl (C=O) groups is 1. The Kier molecular flexibility index (Phi) is 3.74. The van der Waals surface area contributed by atoms with Gasteiger partial charge in [-0.05, 0) is 54.9 Å². The lowest BCUT2D eigenvalue weighted by atomic mass is 10.2. The fraction of sp³-hybridized carbons (Fsp3) is 0.364. The standard InChI is InChI=1S/C11H13BrO3/c1-11(2,3)15-10(13)7-5-8-4-6-9(12)14-8/h4-7H,1-3H3/b7-5+. The summed E-state index contributed by atoms with van der Waals surface area (Å²) in [5.74, 6) is 0.225. The Morgan fingerprint density at radius 2 is 2.13 bits per heavy atom. The first-order valence-corrected chi connectivity index (χ1v) is 5.32. The quantitative estimate of drug-likeness (QED) is 0.612. The van der Waals surface area contributed by atoms with Crippen LogP contribution in [0.3, 0.4) is 0 Å². The third-order valence-electron chi connectivity index (χ3n) is 1.38. The lowest BCUT2D eigenvalue weighted by Crippen LogP contribution is -2.22. The minimum atomic E-state index is -0.467. The Hall–Kier alpha value is -1.03. The van der Waals surface area contributed by atoms with E-state index in [4.69, 9.17) is 9.15 Å². The zero-order chi connectivity index (χ0) is 11.5. The van der Waals surface area contributed by atoms with Gasteiger partial charge in [0, 0.05) is 6.08 Å². The van der Waals surface area contributed by atoms with Gasteiger partial charge in [0.15, 0.2) is 4.67 Å². The van der Waals surface area contributed by atoms with E-state index in [0.29, 0.717) is 10.4 Å². The number of rotatable bonds is 2. The topological polar surface area (TPSA) is 39.4 Å². The molecule has 1 rings (SSSR count). The molecule has 0 fully saturated rings. The molecule has 0 saturated heterocycles. The van der Waals surface area contributed by atoms with Crippen LogP contribution in [0.25, 0.3) is 6.08 Å². The van der Waals surface area contributed by atoms with Gasteiger partial charge in [0.1, 0.15) is 11.4 Å². The van der Waals surface area contributed by atoms with Crippen LogP contribution in [0.5, 0.6) is 0 Å². The molecule has 0 unspecified atom stereocenters. The molecule has 0 spiro atoms. The van der Waals surface area contributed by atoms with Crippen molar-refractivity contribution in [2.24, 2.45) is 0 Å². The molecule has 0 atom stereocenters. The SMILES string of the molecule is CC(C)(C)OC(=O)/C=C/c1ccc(Br)o1. The summed E-state index contributed by atoms with van der Waals surface area (Å²) in [5, 5.41) is 0. The molecular formula is C11H13BrO3. The van der Waals surface area contributed by atoms with Crippen molar-refractivity contribution in [2.45, 2.75) is 26.4 Å². The van der Waals surface area contributed by atoms with Crippen molar-refractivity contribution >= 4 is 28.0 Å². The van der Waals surface area contributed by atoms with Gasteiger partial charge in [-0.2, -0.15) is 0 Å². The van der Waals surface area contributed by atoms with Gasteiger partial charge < -0.3 is 9.15 Å². The second-order valence-electron chi connectivity index (χ2n) is 4.01. The number of hydrogen-bond acceptors (Lipinski definition) is 3. The van der Waals surface area contributed by atoms with E-state index in [1.807, 2.05) is 20.8 Å². The van der Waals surface area contributed by atoms with E-state index >= 15 is 0 Å². The maximum absolute atomic E-state index is 11.3. The van der Waals surface area contributed by atoms with Gasteiger partial charge in [-0.25, -0.2) is 4.79 Å². The van der Waals surface area contributed by atoms with Crippen molar-refractivity contribution in [3.8, 4) is 0 Å². The van der Waals surface area contributed by atoms with Crippen LogP contribution in [0, 0.1) is 0 Å². The highest BCUT2D eigenvalue weighted by Gasteiger charge is 2.13. The first kappa shape index (κ1) is 12.0. The van der Waals surface area contributed by atoms with Crippen molar-refractivity contribution in [2.75, 3.05) is 0 Å². The molecular weight excluding hydrogens is 260 g/mol. The van der Waals surface area contributed by atoms with Gasteiger partial charge in [-0.15, -0.1) is 0 Å². The zero-order valence-electron chi connectivity index (χ0n) is 8.91. The summed E-state index contributed by atoms with van der Waals surface area (Å²) in [6, 6.07) is 3.51. The second-order valence-corrected chi connectivity index (χ2v) is 4.79. The summed E-state index contributed by atoms with van der Waals surface area (Å²) in [6.07, 6.45) is 2.91. The van der Waals surface area contributed by atoms with Crippen molar-refractivity contribution in [1.29, 1.82) is 0 Å². The van der Waals surface area contributed by atoms with Gasteiger partial charge in [-0.3, -0.25) is 0 Å². The van der Waals surface area contributed by atoms with Gasteiger partial charge in [0.25, 0.3) is 0 Å². The summed E-state index contributed by atoms with van der Waals surface area (Å²) in [5.41, 5.74) is -0.467. The van der Waals surface area contributed by atoms with Crippen LogP contribution in [-0.2, 0) is 9.53 Å². The third kappa shape index (κ3) is 4.83. The van der Waals surface area contributed by atoms with Gasteiger partial charge in [0.2, 0.25) is 0 Å². The van der Waals surface area contributed by atoms with Crippen LogP contribution in [0.1, 0.15) is 26.5 Å². The Labute approximate surface area is 97.2 Å². The predicted molar refractivity (Wildman–Crippen MR) is 61.3 cm³/mol. The summed E-state index contributed by atoms with van der Waals surface area (Å²) in [6.45, 7) is 5.46. The number of esters is 1. The number of ether oxygens (including phenoxy) is 1. The Morgan fingerprint density at radius 1 is 1.47 bits per heavy atom. The summed E-state index contributed by atoms with van der Waals surface area (Å²) >= 11 is 3.17. The Bertz CT molecular complexity index is 371. The fourth-order valence-corrected chi connectivity index (χ4v) is 1.22. The summed E-state index contributed by atoms with van der Waals surface area (Å²) in [7, 11) is 0. The van der Waals surface area contributed by atoms with Crippen molar-refractivity contribution in [3.05, 3.63) is 28.6 Å². The predicted octanol–water partition coefficient (Wildman–Crippen LogP) is 3.40. The number of furan rings is 1. The highest BCUT2D eigenvalue weighted by Crippen LogP contribution is 2.15. The number of hydrogen-bond donors (Lipinski definition) is 0. The van der Waals surface area contributed by atoms with Gasteiger partial charge >= 0.3 is 5.97 Å². The average molecular weight is 273 g/mol. The molecule has 0 aliphatic heterocycles. The van der Waals surface area contributed by atoms with E-state index in [-0.39, 0.29) is 5.97 Å². The number of halogens is 1. The van der Waals surface area contributed by atoms with Crippen LogP contribution < -0.4 is 0 Å². The maximum Gasteiger partial charge on any atom is 0.331 e. The molecule has 0 aromatic carbocycles. The van der Waals surface area contributed by atoms with Gasteiger partial charge in [-0.1, -0.05) is 0 Å². The highest BCUT2D eigenvalue weighted by molar-refractivity contribution is 9.10. The summed E-state index contributed by atoms with van der Waals surface area (Å²) in [4.78, 5) is 11.3. The molecule has 4 heteroatoms. The lowest BCUT2D eigenvalue weighted by molar-refractivity contribution is -0.148. The van der Waals surface area contributed by atoms with Crippen LogP contribution in [-0.4, -0.2) is 11.6 Å². The molecule has 15 heavy (non-hydrogen) atoms. The average Bonchev–Trinajstić information content (AvgIpc) is 2.45. The molecule has 1 heterocycles. The molecule has 0 aliphatic carbocycles. The van der Waals surface area contributed by atoms with Crippen LogP contribution in [0.15, 0.2) is 27.3 Å². The molecule has 82 valence electrons. The lowest BCUT2D eigenvalue weighted by Gasteiger charge is -2.17. The molecule has 0 radical (unpaired) electrons. The van der Waals surface area contributed by atoms with Crippen molar-refractivity contribution < 1.29 is 13.9 Å². The van der Waals surface area contributed by atoms with Crippen LogP contribution in [0.2, 0.25) is 0 Å². The minimum Gasteiger partial charge on any atom is -0.457 e. The molecule has 0 aliphatic rings. The van der Waals surface area contributed by atoms with Crippen LogP contribution >= 0.6 is 15.9 Å². The van der Waals surface area contributed by atoms with Crippen molar-refractivity contribution in [3.63, 3.8) is 0 Å². The van der Waals surface area contributed by atoms with E-state index in [1.165, 1.54) is 6.08 Å². The Morgan fingerprint density at radius 3 is 2.60 bits per heavy atom. The maximum atomic E-state index is 11.3. The highest BCUT2D eigenvalue weighted by atomic mass is 79.9. The van der Waals surface area contributed by atoms with Gasteiger partial charge in [0.05, 0.1) is 0 Å². The monoisotopic (exact) mass is 272 g/mol. The third-order valence-corrected chi connectivity index (χ3v) is 1.81. The van der Waals surface area contributed by atoms with Crippen molar-refractivity contribution in [1.82, 2.24) is 0 Å². The molecule has 1 aromatic rings.